The summed E-state index contributed by atoms with van der Waals surface area (Å²) in [6.45, 7) is 0.349. The number of carbonyl (C=O) groups is 1. The van der Waals surface area contributed by atoms with Crippen LogP contribution in [0.25, 0.3) is 0 Å². The second-order valence-electron chi connectivity index (χ2n) is 3.41. The molecule has 2 aliphatic rings. The second kappa shape index (κ2) is 2.61. The van der Waals surface area contributed by atoms with Crippen molar-refractivity contribution in [2.24, 2.45) is 0 Å². The summed E-state index contributed by atoms with van der Waals surface area (Å²) in [6, 6.07) is 8.08. The van der Waals surface area contributed by atoms with E-state index in [4.69, 9.17) is 4.74 Å². The predicted octanol–water partition coefficient (Wildman–Crippen LogP) is 1.45. The molecule has 3 heteroatoms. The van der Waals surface area contributed by atoms with Crippen LogP contribution in [0.5, 0.6) is 0 Å². The van der Waals surface area contributed by atoms with E-state index in [-0.39, 0.29) is 5.97 Å². The molecule has 0 amide bonds. The van der Waals surface area contributed by atoms with Crippen LogP contribution >= 0.6 is 0 Å². The van der Waals surface area contributed by atoms with Gasteiger partial charge in [-0.05, 0) is 24.1 Å². The maximum Gasteiger partial charge on any atom is 0.356 e. The Kier molecular flexibility index (Phi) is 1.42. The van der Waals surface area contributed by atoms with Crippen LogP contribution in [0.15, 0.2) is 36.0 Å². The number of fused-ring (bicyclic) bond motifs is 3. The molecule has 1 fully saturated rings. The summed E-state index contributed by atoms with van der Waals surface area (Å²) in [4.78, 5) is 13.2. The molecular formula is C11H9NO2. The summed E-state index contributed by atoms with van der Waals surface area (Å²) >= 11 is 0. The molecule has 1 aromatic carbocycles. The molecule has 0 bridgehead atoms. The zero-order valence-electron chi connectivity index (χ0n) is 7.56. The third-order valence-corrected chi connectivity index (χ3v) is 2.62. The van der Waals surface area contributed by atoms with Gasteiger partial charge in [0, 0.05) is 5.69 Å². The number of esters is 1. The molecule has 14 heavy (non-hydrogen) atoms. The first kappa shape index (κ1) is 7.62. The lowest BCUT2D eigenvalue weighted by Gasteiger charge is -2.22. The number of hydrogen-bond acceptors (Lipinski definition) is 3. The molecule has 0 spiro atoms. The fourth-order valence-corrected chi connectivity index (χ4v) is 1.92. The number of cyclic esters (lactones) is 1. The van der Waals surface area contributed by atoms with Crippen LogP contribution in [0.3, 0.4) is 0 Å². The largest absolute Gasteiger partial charge is 0.439 e. The topological polar surface area (TPSA) is 29.5 Å². The number of para-hydroxylation sites is 1. The Hall–Kier alpha value is -1.77. The van der Waals surface area contributed by atoms with E-state index in [0.717, 1.165) is 12.1 Å². The first-order valence-corrected chi connectivity index (χ1v) is 4.59. The summed E-state index contributed by atoms with van der Waals surface area (Å²) in [6.07, 6.45) is 2.74. The monoisotopic (exact) mass is 187 g/mol. The molecule has 70 valence electrons. The van der Waals surface area contributed by atoms with Crippen LogP contribution < -0.4 is 4.90 Å². The Morgan fingerprint density at radius 2 is 2.14 bits per heavy atom. The molecule has 0 atom stereocenters. The highest BCUT2D eigenvalue weighted by molar-refractivity contribution is 5.96. The van der Waals surface area contributed by atoms with Crippen molar-refractivity contribution in [1.82, 2.24) is 0 Å². The second-order valence-corrected chi connectivity index (χ2v) is 3.41. The number of anilines is 1. The van der Waals surface area contributed by atoms with Gasteiger partial charge in [0.15, 0.2) is 6.73 Å². The average Bonchev–Trinajstić information content (AvgIpc) is 2.61. The lowest BCUT2D eigenvalue weighted by atomic mass is 10.0. The van der Waals surface area contributed by atoms with Gasteiger partial charge < -0.3 is 9.64 Å². The van der Waals surface area contributed by atoms with Crippen LogP contribution in [0.1, 0.15) is 5.56 Å². The fourth-order valence-electron chi connectivity index (χ4n) is 1.92. The van der Waals surface area contributed by atoms with Crippen LogP contribution in [0.4, 0.5) is 5.69 Å². The van der Waals surface area contributed by atoms with Crippen molar-refractivity contribution < 1.29 is 9.53 Å². The van der Waals surface area contributed by atoms with E-state index in [1.807, 2.05) is 29.2 Å². The summed E-state index contributed by atoms with van der Waals surface area (Å²) in [5, 5.41) is 0. The summed E-state index contributed by atoms with van der Waals surface area (Å²) < 4.78 is 4.98. The van der Waals surface area contributed by atoms with Crippen LogP contribution in [-0.2, 0) is 16.0 Å². The van der Waals surface area contributed by atoms with Crippen molar-refractivity contribution in [3.8, 4) is 0 Å². The molecule has 2 aliphatic heterocycles. The smallest absolute Gasteiger partial charge is 0.356 e. The Bertz CT molecular complexity index is 437. The van der Waals surface area contributed by atoms with Crippen molar-refractivity contribution in [3.63, 3.8) is 0 Å². The normalized spacial score (nSPS) is 18.4. The van der Waals surface area contributed by atoms with Crippen molar-refractivity contribution >= 4 is 11.7 Å². The number of nitrogens with zero attached hydrogens (tertiary/aromatic N) is 1. The quantitative estimate of drug-likeness (QED) is 0.576. The predicted molar refractivity (Wildman–Crippen MR) is 51.7 cm³/mol. The van der Waals surface area contributed by atoms with Gasteiger partial charge in [0.25, 0.3) is 0 Å². The summed E-state index contributed by atoms with van der Waals surface area (Å²) in [5.74, 6) is -0.209. The average molecular weight is 187 g/mol. The number of allylic oxidation sites excluding steroid dienone is 1. The molecule has 0 saturated carbocycles. The maximum atomic E-state index is 11.3. The SMILES string of the molecule is O=C1OCN2C1=CCc1ccccc12. The summed E-state index contributed by atoms with van der Waals surface area (Å²) in [5.41, 5.74) is 3.02. The minimum atomic E-state index is -0.209. The van der Waals surface area contributed by atoms with E-state index in [1.54, 1.807) is 0 Å². The molecule has 0 aromatic heterocycles. The molecule has 3 nitrogen and oxygen atoms in total. The highest BCUT2D eigenvalue weighted by Crippen LogP contribution is 2.32. The Morgan fingerprint density at radius 1 is 1.29 bits per heavy atom. The van der Waals surface area contributed by atoms with Crippen LogP contribution in [0.2, 0.25) is 0 Å². The van der Waals surface area contributed by atoms with Gasteiger partial charge in [-0.1, -0.05) is 18.2 Å². The number of ether oxygens (including phenoxy) is 1. The van der Waals surface area contributed by atoms with Crippen molar-refractivity contribution in [2.45, 2.75) is 6.42 Å². The minimum absolute atomic E-state index is 0.209. The molecule has 1 saturated heterocycles. The number of benzene rings is 1. The van der Waals surface area contributed by atoms with Crippen LogP contribution in [-0.4, -0.2) is 12.7 Å². The standard InChI is InChI=1S/C11H9NO2/c13-11-10-6-5-8-3-1-2-4-9(8)12(10)7-14-11/h1-4,6H,5,7H2. The molecule has 0 unspecified atom stereocenters. The zero-order chi connectivity index (χ0) is 9.54. The molecular weight excluding hydrogens is 178 g/mol. The van der Waals surface area contributed by atoms with Gasteiger partial charge in [-0.25, -0.2) is 4.79 Å². The lowest BCUT2D eigenvalue weighted by molar-refractivity contribution is -0.135. The van der Waals surface area contributed by atoms with E-state index < -0.39 is 0 Å². The van der Waals surface area contributed by atoms with E-state index >= 15 is 0 Å². The third-order valence-electron chi connectivity index (χ3n) is 2.62. The van der Waals surface area contributed by atoms with E-state index in [0.29, 0.717) is 12.4 Å². The molecule has 3 rings (SSSR count). The van der Waals surface area contributed by atoms with Gasteiger partial charge in [0.2, 0.25) is 0 Å². The molecule has 1 aromatic rings. The zero-order valence-corrected chi connectivity index (χ0v) is 7.56. The number of hydrogen-bond donors (Lipinski definition) is 0. The van der Waals surface area contributed by atoms with Crippen LogP contribution in [0, 0.1) is 0 Å². The first-order chi connectivity index (χ1) is 6.86. The van der Waals surface area contributed by atoms with Gasteiger partial charge in [0.1, 0.15) is 5.70 Å². The Balaban J connectivity index is 2.13. The number of rotatable bonds is 0. The fraction of sp³-hybridized carbons (Fsp3) is 0.182. The van der Waals surface area contributed by atoms with Crippen molar-refractivity contribution in [2.75, 3.05) is 11.6 Å². The van der Waals surface area contributed by atoms with Gasteiger partial charge >= 0.3 is 5.97 Å². The highest BCUT2D eigenvalue weighted by atomic mass is 16.6. The third kappa shape index (κ3) is 0.894. The summed E-state index contributed by atoms with van der Waals surface area (Å²) in [7, 11) is 0. The van der Waals surface area contributed by atoms with Gasteiger partial charge in [0.05, 0.1) is 0 Å². The maximum absolute atomic E-state index is 11.3. The Morgan fingerprint density at radius 3 is 3.07 bits per heavy atom. The first-order valence-electron chi connectivity index (χ1n) is 4.59. The van der Waals surface area contributed by atoms with Crippen molar-refractivity contribution in [3.05, 3.63) is 41.6 Å². The highest BCUT2D eigenvalue weighted by Gasteiger charge is 2.31. The van der Waals surface area contributed by atoms with E-state index in [2.05, 4.69) is 6.07 Å². The molecule has 2 heterocycles. The number of carbonyl (C=O) groups excluding carboxylic acids is 1. The van der Waals surface area contributed by atoms with E-state index in [9.17, 15) is 4.79 Å². The molecule has 0 N–H and O–H groups in total. The Labute approximate surface area is 81.6 Å². The minimum Gasteiger partial charge on any atom is -0.439 e. The molecule has 0 aliphatic carbocycles. The lowest BCUT2D eigenvalue weighted by Crippen LogP contribution is -2.22. The van der Waals surface area contributed by atoms with Gasteiger partial charge in [-0.3, -0.25) is 0 Å². The van der Waals surface area contributed by atoms with E-state index in [1.165, 1.54) is 5.56 Å². The van der Waals surface area contributed by atoms with Gasteiger partial charge in [-0.2, -0.15) is 0 Å². The van der Waals surface area contributed by atoms with Crippen molar-refractivity contribution in [1.29, 1.82) is 0 Å². The molecule has 0 radical (unpaired) electrons. The van der Waals surface area contributed by atoms with Gasteiger partial charge in [-0.15, -0.1) is 0 Å².